The summed E-state index contributed by atoms with van der Waals surface area (Å²) < 4.78 is 19.3. The third-order valence-electron chi connectivity index (χ3n) is 3.26. The van der Waals surface area contributed by atoms with Gasteiger partial charge in [-0.05, 0) is 6.92 Å². The van der Waals surface area contributed by atoms with Gasteiger partial charge < -0.3 is 14.9 Å². The summed E-state index contributed by atoms with van der Waals surface area (Å²) >= 11 is 6.11. The molecule has 1 aliphatic heterocycles. The van der Waals surface area contributed by atoms with Gasteiger partial charge in [0, 0.05) is 0 Å². The Morgan fingerprint density at radius 3 is 2.81 bits per heavy atom. The van der Waals surface area contributed by atoms with Gasteiger partial charge in [-0.25, -0.2) is 4.79 Å². The molecule has 1 aromatic heterocycles. The number of halogens is 2. The quantitative estimate of drug-likeness (QED) is 0.475. The zero-order valence-electron chi connectivity index (χ0n) is 10.8. The van der Waals surface area contributed by atoms with Crippen molar-refractivity contribution in [2.45, 2.75) is 36.3 Å². The molecule has 0 radical (unpaired) electrons. The van der Waals surface area contributed by atoms with Crippen molar-refractivity contribution in [2.75, 3.05) is 0 Å². The van der Waals surface area contributed by atoms with Crippen molar-refractivity contribution >= 4 is 11.6 Å². The second kappa shape index (κ2) is 5.27. The van der Waals surface area contributed by atoms with E-state index in [9.17, 15) is 24.2 Å². The van der Waals surface area contributed by atoms with Crippen LogP contribution < -0.4 is 11.2 Å². The van der Waals surface area contributed by atoms with Gasteiger partial charge >= 0.3 is 5.69 Å². The lowest BCUT2D eigenvalue weighted by Crippen LogP contribution is -2.45. The lowest BCUT2D eigenvalue weighted by Gasteiger charge is -2.25. The highest BCUT2D eigenvalue weighted by atomic mass is 35.5. The molecule has 2 heterocycles. The van der Waals surface area contributed by atoms with Crippen molar-refractivity contribution in [2.24, 2.45) is 0 Å². The topological polar surface area (TPSA) is 105 Å². The van der Waals surface area contributed by atoms with Crippen LogP contribution in [0.3, 0.4) is 0 Å². The van der Waals surface area contributed by atoms with E-state index in [-0.39, 0.29) is 0 Å². The monoisotopic (exact) mass is 318 g/mol. The first-order chi connectivity index (χ1) is 9.72. The zero-order valence-corrected chi connectivity index (χ0v) is 11.5. The van der Waals surface area contributed by atoms with Gasteiger partial charge in [0.15, 0.2) is 11.1 Å². The van der Waals surface area contributed by atoms with Gasteiger partial charge in [0.05, 0.1) is 12.3 Å². The SMILES string of the molecule is C#C[C@@]1(Cl)C(O)[C@@H]([C@H](C)O)O[C@H]1n1cc(F)c(=O)[nH]c1=O. The summed E-state index contributed by atoms with van der Waals surface area (Å²) in [6, 6.07) is 0. The molecule has 21 heavy (non-hydrogen) atoms. The average Bonchev–Trinajstić information content (AvgIpc) is 2.68. The van der Waals surface area contributed by atoms with Crippen molar-refractivity contribution in [3.63, 3.8) is 0 Å². The van der Waals surface area contributed by atoms with E-state index in [1.807, 2.05) is 0 Å². The molecule has 0 saturated carbocycles. The minimum atomic E-state index is -1.91. The van der Waals surface area contributed by atoms with Crippen LogP contribution >= 0.6 is 11.6 Å². The standard InChI is InChI=1S/C12H12ClFN2O5/c1-3-12(13)8(18)7(5(2)17)21-10(12)16-4-6(14)9(19)15-11(16)20/h1,4-5,7-8,10,17-18H,2H3,(H,15,19,20)/t5-,7+,8?,10+,12+/m0/s1. The molecule has 0 aromatic carbocycles. The van der Waals surface area contributed by atoms with Crippen LogP contribution in [0.25, 0.3) is 0 Å². The van der Waals surface area contributed by atoms with E-state index in [4.69, 9.17) is 22.8 Å². The Bertz CT molecular complexity index is 709. The third kappa shape index (κ3) is 2.38. The first kappa shape index (κ1) is 15.7. The number of ether oxygens (including phenoxy) is 1. The van der Waals surface area contributed by atoms with Gasteiger partial charge in [-0.15, -0.1) is 6.42 Å². The molecule has 0 spiro atoms. The maximum atomic E-state index is 13.4. The first-order valence-corrected chi connectivity index (χ1v) is 6.29. The summed E-state index contributed by atoms with van der Waals surface area (Å²) in [5.41, 5.74) is -2.21. The molecular weight excluding hydrogens is 307 g/mol. The molecule has 1 fully saturated rings. The Labute approximate surface area is 122 Å². The number of alkyl halides is 1. The van der Waals surface area contributed by atoms with Crippen LogP contribution in [-0.2, 0) is 4.74 Å². The van der Waals surface area contributed by atoms with Crippen molar-refractivity contribution in [3.05, 3.63) is 32.9 Å². The predicted molar refractivity (Wildman–Crippen MR) is 70.3 cm³/mol. The molecule has 9 heteroatoms. The Kier molecular flexibility index (Phi) is 3.95. The molecule has 0 aliphatic carbocycles. The highest BCUT2D eigenvalue weighted by Crippen LogP contribution is 2.43. The minimum Gasteiger partial charge on any atom is -0.391 e. The fourth-order valence-corrected chi connectivity index (χ4v) is 2.43. The number of nitrogens with zero attached hydrogens (tertiary/aromatic N) is 1. The summed E-state index contributed by atoms with van der Waals surface area (Å²) in [5, 5.41) is 19.6. The smallest absolute Gasteiger partial charge is 0.330 e. The number of rotatable bonds is 2. The van der Waals surface area contributed by atoms with Crippen molar-refractivity contribution in [3.8, 4) is 12.3 Å². The fourth-order valence-electron chi connectivity index (χ4n) is 2.14. The number of hydrogen-bond acceptors (Lipinski definition) is 5. The highest BCUT2D eigenvalue weighted by molar-refractivity contribution is 6.27. The zero-order chi connectivity index (χ0) is 15.9. The van der Waals surface area contributed by atoms with Crippen molar-refractivity contribution in [1.82, 2.24) is 9.55 Å². The Hall–Kier alpha value is -1.66. The summed E-state index contributed by atoms with van der Waals surface area (Å²) in [6.07, 6.45) is 0.584. The summed E-state index contributed by atoms with van der Waals surface area (Å²) in [4.78, 5) is 22.6. The van der Waals surface area contributed by atoms with Crippen molar-refractivity contribution in [1.29, 1.82) is 0 Å². The van der Waals surface area contributed by atoms with Crippen LogP contribution in [-0.4, -0.2) is 43.0 Å². The number of aromatic amines is 1. The van der Waals surface area contributed by atoms with Crippen LogP contribution in [0.5, 0.6) is 0 Å². The Morgan fingerprint density at radius 2 is 2.29 bits per heavy atom. The Morgan fingerprint density at radius 1 is 1.67 bits per heavy atom. The maximum Gasteiger partial charge on any atom is 0.330 e. The third-order valence-corrected chi connectivity index (χ3v) is 3.78. The Balaban J connectivity index is 2.58. The molecule has 1 aliphatic rings. The number of hydrogen-bond donors (Lipinski definition) is 3. The van der Waals surface area contributed by atoms with E-state index >= 15 is 0 Å². The second-order valence-electron chi connectivity index (χ2n) is 4.69. The first-order valence-electron chi connectivity index (χ1n) is 5.91. The number of aliphatic hydroxyl groups excluding tert-OH is 2. The van der Waals surface area contributed by atoms with E-state index < -0.39 is 46.5 Å². The van der Waals surface area contributed by atoms with Crippen LogP contribution in [0.1, 0.15) is 13.2 Å². The van der Waals surface area contributed by atoms with Gasteiger partial charge in [0.1, 0.15) is 12.2 Å². The van der Waals surface area contributed by atoms with E-state index in [1.54, 1.807) is 4.98 Å². The second-order valence-corrected chi connectivity index (χ2v) is 5.32. The van der Waals surface area contributed by atoms with Gasteiger partial charge in [0.2, 0.25) is 5.82 Å². The molecule has 0 bridgehead atoms. The molecule has 5 atom stereocenters. The fraction of sp³-hybridized carbons (Fsp3) is 0.500. The molecule has 7 nitrogen and oxygen atoms in total. The summed E-state index contributed by atoms with van der Waals surface area (Å²) in [7, 11) is 0. The largest absolute Gasteiger partial charge is 0.391 e. The molecular formula is C12H12ClFN2O5. The van der Waals surface area contributed by atoms with E-state index in [1.165, 1.54) is 6.92 Å². The van der Waals surface area contributed by atoms with Gasteiger partial charge in [-0.3, -0.25) is 14.3 Å². The lowest BCUT2D eigenvalue weighted by atomic mass is 9.97. The number of aliphatic hydroxyl groups is 2. The van der Waals surface area contributed by atoms with Crippen LogP contribution in [0.2, 0.25) is 0 Å². The maximum absolute atomic E-state index is 13.4. The van der Waals surface area contributed by atoms with E-state index in [0.717, 1.165) is 0 Å². The van der Waals surface area contributed by atoms with Gasteiger partial charge in [0.25, 0.3) is 5.56 Å². The predicted octanol–water partition coefficient (Wildman–Crippen LogP) is -1.07. The van der Waals surface area contributed by atoms with Crippen LogP contribution in [0.4, 0.5) is 4.39 Å². The number of terminal acetylenes is 1. The van der Waals surface area contributed by atoms with Crippen LogP contribution in [0.15, 0.2) is 15.8 Å². The van der Waals surface area contributed by atoms with Crippen LogP contribution in [0, 0.1) is 18.2 Å². The minimum absolute atomic E-state index is 0.581. The average molecular weight is 319 g/mol. The summed E-state index contributed by atoms with van der Waals surface area (Å²) in [6.45, 7) is 1.33. The molecule has 3 N–H and O–H groups in total. The normalized spacial score (nSPS) is 33.6. The molecule has 114 valence electrons. The highest BCUT2D eigenvalue weighted by Gasteiger charge is 2.57. The van der Waals surface area contributed by atoms with Crippen molar-refractivity contribution < 1.29 is 19.3 Å². The molecule has 1 aromatic rings. The number of aromatic nitrogens is 2. The van der Waals surface area contributed by atoms with Gasteiger partial charge in [-0.1, -0.05) is 17.5 Å². The lowest BCUT2D eigenvalue weighted by molar-refractivity contribution is -0.0775. The molecule has 2 rings (SSSR count). The summed E-state index contributed by atoms with van der Waals surface area (Å²) in [5.74, 6) is 0.844. The van der Waals surface area contributed by atoms with E-state index in [0.29, 0.717) is 10.8 Å². The molecule has 1 unspecified atom stereocenters. The van der Waals surface area contributed by atoms with E-state index in [2.05, 4.69) is 5.92 Å². The van der Waals surface area contributed by atoms with Gasteiger partial charge in [-0.2, -0.15) is 4.39 Å². The molecule has 0 amide bonds. The number of H-pyrrole nitrogens is 1. The molecule has 1 saturated heterocycles. The number of nitrogens with one attached hydrogen (secondary N) is 1.